The minimum Gasteiger partial charge on any atom is -0.469 e. The van der Waals surface area contributed by atoms with E-state index in [1.54, 1.807) is 38.4 Å². The van der Waals surface area contributed by atoms with Crippen molar-refractivity contribution in [3.63, 3.8) is 0 Å². The summed E-state index contributed by atoms with van der Waals surface area (Å²) >= 11 is 0. The molecule has 0 aliphatic carbocycles. The molecule has 3 aromatic rings. The SMILES string of the molecule is CCC1=C(C)C2=Cc3c(/C=C/c4ccc(C(F)(F)F)cc4)c(C)c4n3Nn3c(c(C)c(C(=O)OC)c3=C(CC(=O)OC)C3=NC(=C4)[C@@H](C)[C@@H]3CCC(=O)N[C@@H](CCCCNC(=O)OC(C)(C)C)C(=O)OC)=CC1=N2. The summed E-state index contributed by atoms with van der Waals surface area (Å²) in [7, 11) is 3.78. The molecule has 394 valence electrons. The van der Waals surface area contributed by atoms with Gasteiger partial charge < -0.3 is 29.6 Å². The molecule has 0 saturated carbocycles. The largest absolute Gasteiger partial charge is 0.469 e. The smallest absolute Gasteiger partial charge is 0.416 e. The Kier molecular flexibility index (Phi) is 16.1. The van der Waals surface area contributed by atoms with Crippen LogP contribution >= 0.6 is 0 Å². The van der Waals surface area contributed by atoms with E-state index in [-0.39, 0.29) is 42.5 Å². The Morgan fingerprint density at radius 1 is 0.865 bits per heavy atom. The van der Waals surface area contributed by atoms with Crippen LogP contribution in [0.3, 0.4) is 0 Å². The lowest BCUT2D eigenvalue weighted by Gasteiger charge is -2.22. The zero-order chi connectivity index (χ0) is 54.0. The summed E-state index contributed by atoms with van der Waals surface area (Å²) in [6, 6.07) is 3.92. The number of hydrogen-bond donors (Lipinski definition) is 3. The lowest BCUT2D eigenvalue weighted by molar-refractivity contribution is -0.145. The van der Waals surface area contributed by atoms with Gasteiger partial charge in [0.25, 0.3) is 0 Å². The number of aromatic nitrogens is 2. The van der Waals surface area contributed by atoms with Crippen LogP contribution in [0.2, 0.25) is 0 Å². The highest BCUT2D eigenvalue weighted by Crippen LogP contribution is 2.41. The van der Waals surface area contributed by atoms with Gasteiger partial charge in [0.05, 0.1) is 78.1 Å². The summed E-state index contributed by atoms with van der Waals surface area (Å²) in [5, 5.41) is 6.34. The van der Waals surface area contributed by atoms with Gasteiger partial charge in [0.15, 0.2) is 0 Å². The number of nitrogens with one attached hydrogen (secondary N) is 3. The number of unbranched alkanes of at least 4 members (excludes halogenated alkanes) is 1. The second-order valence-corrected chi connectivity index (χ2v) is 19.7. The molecule has 0 radical (unpaired) electrons. The van der Waals surface area contributed by atoms with Crippen LogP contribution in [0.5, 0.6) is 0 Å². The minimum atomic E-state index is -4.50. The fourth-order valence-corrected chi connectivity index (χ4v) is 9.84. The summed E-state index contributed by atoms with van der Waals surface area (Å²) < 4.78 is 65.4. The van der Waals surface area contributed by atoms with Crippen molar-refractivity contribution >= 4 is 77.3 Å². The van der Waals surface area contributed by atoms with Gasteiger partial charge in [0.1, 0.15) is 11.6 Å². The van der Waals surface area contributed by atoms with Crippen LogP contribution in [0, 0.1) is 25.7 Å². The number of esters is 3. The highest BCUT2D eigenvalue weighted by Gasteiger charge is 2.39. The average molecular weight is 1020 g/mol. The lowest BCUT2D eigenvalue weighted by atomic mass is 9.82. The van der Waals surface area contributed by atoms with E-state index in [0.717, 1.165) is 28.8 Å². The van der Waals surface area contributed by atoms with Gasteiger partial charge in [-0.2, -0.15) is 13.2 Å². The first-order valence-electron chi connectivity index (χ1n) is 24.6. The topological polar surface area (TPSA) is 193 Å². The predicted molar refractivity (Wildman–Crippen MR) is 276 cm³/mol. The molecule has 3 N–H and O–H groups in total. The maximum Gasteiger partial charge on any atom is 0.416 e. The number of allylic oxidation sites excluding steroid dienone is 3. The number of nitrogens with zero attached hydrogens (tertiary/aromatic N) is 4. The third kappa shape index (κ3) is 11.4. The zero-order valence-electron chi connectivity index (χ0n) is 43.7. The van der Waals surface area contributed by atoms with Crippen LogP contribution in [-0.2, 0) is 39.5 Å². The van der Waals surface area contributed by atoms with Crippen molar-refractivity contribution in [1.29, 1.82) is 0 Å². The van der Waals surface area contributed by atoms with E-state index in [4.69, 9.17) is 28.9 Å². The number of alkyl carbamates (subject to hydrolysis) is 1. The van der Waals surface area contributed by atoms with Crippen LogP contribution < -0.4 is 26.9 Å². The maximum absolute atomic E-state index is 14.3. The Hall–Kier alpha value is -7.44. The molecular formula is C55H64F3N7O9. The number of rotatable bonds is 16. The number of methoxy groups -OCH3 is 3. The zero-order valence-corrected chi connectivity index (χ0v) is 43.7. The predicted octanol–water partition coefficient (Wildman–Crippen LogP) is 8.11. The van der Waals surface area contributed by atoms with Crippen LogP contribution in [0.4, 0.5) is 18.0 Å². The molecule has 4 aliphatic rings. The number of amides is 2. The van der Waals surface area contributed by atoms with Crippen molar-refractivity contribution in [3.05, 3.63) is 102 Å². The van der Waals surface area contributed by atoms with Gasteiger partial charge in [-0.25, -0.2) is 34.3 Å². The maximum atomic E-state index is 14.3. The number of ether oxygens (including phenoxy) is 4. The molecule has 4 aliphatic heterocycles. The van der Waals surface area contributed by atoms with Crippen molar-refractivity contribution in [3.8, 4) is 0 Å². The van der Waals surface area contributed by atoms with Crippen molar-refractivity contribution in [2.24, 2.45) is 21.8 Å². The molecule has 6 heterocycles. The number of fused-ring (bicyclic) bond motifs is 2. The molecule has 0 fully saturated rings. The van der Waals surface area contributed by atoms with Gasteiger partial charge in [-0.1, -0.05) is 38.1 Å². The van der Waals surface area contributed by atoms with E-state index in [1.165, 1.54) is 33.5 Å². The van der Waals surface area contributed by atoms with Crippen LogP contribution in [-0.4, -0.2) is 90.2 Å². The molecule has 74 heavy (non-hydrogen) atoms. The fourth-order valence-electron chi connectivity index (χ4n) is 9.84. The summed E-state index contributed by atoms with van der Waals surface area (Å²) in [4.78, 5) is 77.5. The second-order valence-electron chi connectivity index (χ2n) is 19.7. The van der Waals surface area contributed by atoms with E-state index >= 15 is 0 Å². The standard InChI is InChI=1S/C55H64F3N7O9/c1-12-35-29(2)40-27-45-36(21-18-33-16-19-34(20-17-33)55(56,57)58)31(4)43-26-41-30(3)37(22-23-46(66)61-39(51(68)72-10)15-13-14-24-59-53(70)74-54(6,7)8)49(62-41)38(25-47(67)71-9)50-48(52(69)73-11)32(5)44(28-42(35)60-40)65(50)63-64(43)45/h16-21,26-28,30,37,39,63H,12-15,22-25H2,1-11H3,(H,59,70)(H,61,66)/b21-18+,40-27?,41-26?,42-28?,43-26?,44-28?,45-27?,49-38?,50-38?/t30-,37-,39-/m0/s1. The van der Waals surface area contributed by atoms with Gasteiger partial charge >= 0.3 is 30.2 Å². The highest BCUT2D eigenvalue weighted by molar-refractivity contribution is 6.25. The average Bonchev–Trinajstić information content (AvgIpc) is 3.99. The number of halogens is 3. The van der Waals surface area contributed by atoms with E-state index in [9.17, 15) is 37.1 Å². The lowest BCUT2D eigenvalue weighted by Crippen LogP contribution is -2.43. The third-order valence-electron chi connectivity index (χ3n) is 13.8. The number of carbonyl (C=O) groups excluding carboxylic acids is 5. The first kappa shape index (κ1) is 54.3. The Bertz CT molecular complexity index is 3110. The van der Waals surface area contributed by atoms with Gasteiger partial charge in [-0.3, -0.25) is 14.6 Å². The Balaban J connectivity index is 1.37. The first-order valence-corrected chi connectivity index (χ1v) is 24.6. The fraction of sp³-hybridized carbons (Fsp3) is 0.436. The van der Waals surface area contributed by atoms with Crippen LogP contribution in [0.1, 0.15) is 136 Å². The monoisotopic (exact) mass is 1020 g/mol. The van der Waals surface area contributed by atoms with Gasteiger partial charge in [0, 0.05) is 41.6 Å². The third-order valence-corrected chi connectivity index (χ3v) is 13.8. The summed E-state index contributed by atoms with van der Waals surface area (Å²) in [5.74, 6) is -3.28. The normalized spacial score (nSPS) is 17.3. The van der Waals surface area contributed by atoms with Gasteiger partial charge in [0.2, 0.25) is 5.91 Å². The van der Waals surface area contributed by atoms with E-state index in [1.807, 2.05) is 56.7 Å². The van der Waals surface area contributed by atoms with Crippen molar-refractivity contribution < 1.29 is 56.1 Å². The Morgan fingerprint density at radius 2 is 1.58 bits per heavy atom. The van der Waals surface area contributed by atoms with E-state index in [0.29, 0.717) is 87.6 Å². The molecule has 0 unspecified atom stereocenters. The van der Waals surface area contributed by atoms with Crippen LogP contribution in [0.15, 0.2) is 56.8 Å². The van der Waals surface area contributed by atoms with E-state index < -0.39 is 59.2 Å². The molecule has 0 saturated heterocycles. The van der Waals surface area contributed by atoms with Gasteiger partial charge in [-0.15, -0.1) is 0 Å². The second kappa shape index (κ2) is 22.0. The highest BCUT2D eigenvalue weighted by atomic mass is 19.4. The summed E-state index contributed by atoms with van der Waals surface area (Å²) in [6.45, 7) is 15.3. The molecule has 19 heteroatoms. The quantitative estimate of drug-likeness (QED) is 0.0717. The molecule has 2 amide bonds. The minimum absolute atomic E-state index is 0.0704. The number of benzene rings is 1. The Morgan fingerprint density at radius 3 is 2.22 bits per heavy atom. The van der Waals surface area contributed by atoms with E-state index in [2.05, 4.69) is 16.2 Å². The summed E-state index contributed by atoms with van der Waals surface area (Å²) in [6.07, 6.45) is 5.93. The van der Waals surface area contributed by atoms with Gasteiger partial charge in [-0.05, 0) is 132 Å². The molecule has 7 rings (SSSR count). The van der Waals surface area contributed by atoms with Crippen molar-refractivity contribution in [2.75, 3.05) is 33.4 Å². The Labute approximate surface area is 427 Å². The molecule has 2 aromatic heterocycles. The molecule has 0 spiro atoms. The molecule has 6 bridgehead atoms. The van der Waals surface area contributed by atoms with Crippen LogP contribution in [0.25, 0.3) is 36.0 Å². The molecule has 16 nitrogen and oxygen atoms in total. The van der Waals surface area contributed by atoms with Crippen molar-refractivity contribution in [2.45, 2.75) is 118 Å². The first-order chi connectivity index (χ1) is 35.0. The molecule has 1 aromatic carbocycles. The number of alkyl halides is 3. The number of carbonyl (C=O) groups is 5. The van der Waals surface area contributed by atoms with Crippen molar-refractivity contribution in [1.82, 2.24) is 20.0 Å². The summed E-state index contributed by atoms with van der Waals surface area (Å²) in [5.41, 5.74) is 10.8. The molecule has 3 atom stereocenters. The number of aliphatic imine (C=N–C) groups is 2. The molecular weight excluding hydrogens is 960 g/mol. The number of hydrogen-bond acceptors (Lipinski definition) is 12.